The molecule has 0 aromatic heterocycles. The zero-order chi connectivity index (χ0) is 16.9. The van der Waals surface area contributed by atoms with Crippen molar-refractivity contribution in [2.75, 3.05) is 39.3 Å². The van der Waals surface area contributed by atoms with Crippen molar-refractivity contribution in [3.05, 3.63) is 0 Å². The fourth-order valence-corrected chi connectivity index (χ4v) is 3.23. The monoisotopic (exact) mass is 326 g/mol. The standard InChI is InChI=1S/C17H34N4O2/c1-17(2,3)23-16(22)21-12-10-20(11-13-21)9-8-19-15-6-4-14(18)5-7-15/h14-15,19H,4-13,18H2,1-3H3. The Labute approximate surface area is 140 Å². The summed E-state index contributed by atoms with van der Waals surface area (Å²) in [6.45, 7) is 11.2. The van der Waals surface area contributed by atoms with Crippen molar-refractivity contribution in [1.82, 2.24) is 15.1 Å². The zero-order valence-electron chi connectivity index (χ0n) is 15.0. The Morgan fingerprint density at radius 3 is 2.30 bits per heavy atom. The lowest BCUT2D eigenvalue weighted by Gasteiger charge is -2.36. The van der Waals surface area contributed by atoms with Crippen molar-refractivity contribution < 1.29 is 9.53 Å². The first-order chi connectivity index (χ1) is 10.8. The summed E-state index contributed by atoms with van der Waals surface area (Å²) in [5.74, 6) is 0. The summed E-state index contributed by atoms with van der Waals surface area (Å²) >= 11 is 0. The lowest BCUT2D eigenvalue weighted by molar-refractivity contribution is 0.0146. The van der Waals surface area contributed by atoms with E-state index in [1.165, 1.54) is 12.8 Å². The van der Waals surface area contributed by atoms with Crippen LogP contribution in [0.4, 0.5) is 4.79 Å². The molecule has 3 N–H and O–H groups in total. The Morgan fingerprint density at radius 2 is 1.74 bits per heavy atom. The van der Waals surface area contributed by atoms with Crippen LogP contribution in [-0.2, 0) is 4.74 Å². The van der Waals surface area contributed by atoms with E-state index in [2.05, 4.69) is 10.2 Å². The maximum atomic E-state index is 12.0. The molecule has 6 nitrogen and oxygen atoms in total. The van der Waals surface area contributed by atoms with E-state index in [-0.39, 0.29) is 6.09 Å². The third-order valence-corrected chi connectivity index (χ3v) is 4.66. The fourth-order valence-electron chi connectivity index (χ4n) is 3.23. The number of nitrogens with one attached hydrogen (secondary N) is 1. The third kappa shape index (κ3) is 6.65. The molecule has 2 rings (SSSR count). The van der Waals surface area contributed by atoms with E-state index in [1.54, 1.807) is 0 Å². The van der Waals surface area contributed by atoms with Gasteiger partial charge in [0.05, 0.1) is 0 Å². The molecule has 1 amide bonds. The molecule has 2 fully saturated rings. The van der Waals surface area contributed by atoms with Crippen LogP contribution < -0.4 is 11.1 Å². The molecule has 1 saturated heterocycles. The Kier molecular flexibility index (Phi) is 6.68. The van der Waals surface area contributed by atoms with Gasteiger partial charge in [0.2, 0.25) is 0 Å². The first-order valence-corrected chi connectivity index (χ1v) is 9.03. The average molecular weight is 326 g/mol. The average Bonchev–Trinajstić information content (AvgIpc) is 2.48. The first kappa shape index (κ1) is 18.5. The maximum Gasteiger partial charge on any atom is 0.410 e. The smallest absolute Gasteiger partial charge is 0.410 e. The molecule has 0 radical (unpaired) electrons. The molecule has 1 aliphatic carbocycles. The van der Waals surface area contributed by atoms with Gasteiger partial charge in [0.25, 0.3) is 0 Å². The first-order valence-electron chi connectivity index (χ1n) is 9.03. The molecule has 6 heteroatoms. The molecule has 23 heavy (non-hydrogen) atoms. The SMILES string of the molecule is CC(C)(C)OC(=O)N1CCN(CCNC2CCC(N)CC2)CC1. The highest BCUT2D eigenvalue weighted by molar-refractivity contribution is 5.68. The second-order valence-electron chi connectivity index (χ2n) is 7.87. The lowest BCUT2D eigenvalue weighted by Crippen LogP contribution is -2.51. The van der Waals surface area contributed by atoms with E-state index in [0.29, 0.717) is 12.1 Å². The number of ether oxygens (including phenoxy) is 1. The van der Waals surface area contributed by atoms with Crippen LogP contribution in [0.1, 0.15) is 46.5 Å². The van der Waals surface area contributed by atoms with E-state index < -0.39 is 5.60 Å². The van der Waals surface area contributed by atoms with Gasteiger partial charge >= 0.3 is 6.09 Å². The van der Waals surface area contributed by atoms with Gasteiger partial charge in [-0.1, -0.05) is 0 Å². The van der Waals surface area contributed by atoms with Gasteiger partial charge in [-0.3, -0.25) is 4.90 Å². The van der Waals surface area contributed by atoms with Crippen LogP contribution in [0, 0.1) is 0 Å². The highest BCUT2D eigenvalue weighted by atomic mass is 16.6. The largest absolute Gasteiger partial charge is 0.444 e. The number of hydrogen-bond acceptors (Lipinski definition) is 5. The molecule has 0 bridgehead atoms. The Hall–Kier alpha value is -0.850. The second-order valence-corrected chi connectivity index (χ2v) is 7.87. The molecule has 0 unspecified atom stereocenters. The van der Waals surface area contributed by atoms with Crippen LogP contribution in [0.25, 0.3) is 0 Å². The van der Waals surface area contributed by atoms with E-state index in [0.717, 1.165) is 52.1 Å². The highest BCUT2D eigenvalue weighted by Gasteiger charge is 2.25. The summed E-state index contributed by atoms with van der Waals surface area (Å²) in [6, 6.07) is 1.05. The number of rotatable bonds is 4. The maximum absolute atomic E-state index is 12.0. The molecule has 2 aliphatic rings. The normalized spacial score (nSPS) is 27.0. The Bertz CT molecular complexity index is 367. The van der Waals surface area contributed by atoms with Crippen molar-refractivity contribution in [2.24, 2.45) is 5.73 Å². The molecular weight excluding hydrogens is 292 g/mol. The van der Waals surface area contributed by atoms with Crippen molar-refractivity contribution in [3.63, 3.8) is 0 Å². The van der Waals surface area contributed by atoms with Crippen molar-refractivity contribution >= 4 is 6.09 Å². The molecule has 134 valence electrons. The van der Waals surface area contributed by atoms with E-state index in [4.69, 9.17) is 10.5 Å². The summed E-state index contributed by atoms with van der Waals surface area (Å²) in [7, 11) is 0. The van der Waals surface area contributed by atoms with Gasteiger partial charge in [0, 0.05) is 51.4 Å². The van der Waals surface area contributed by atoms with E-state index in [9.17, 15) is 4.79 Å². The number of nitrogens with two attached hydrogens (primary N) is 1. The summed E-state index contributed by atoms with van der Waals surface area (Å²) in [4.78, 5) is 16.3. The summed E-state index contributed by atoms with van der Waals surface area (Å²) < 4.78 is 5.43. The minimum Gasteiger partial charge on any atom is -0.444 e. The number of piperazine rings is 1. The van der Waals surface area contributed by atoms with Gasteiger partial charge in [-0.25, -0.2) is 4.79 Å². The third-order valence-electron chi connectivity index (χ3n) is 4.66. The van der Waals surface area contributed by atoms with Gasteiger partial charge in [-0.15, -0.1) is 0 Å². The quantitative estimate of drug-likeness (QED) is 0.817. The lowest BCUT2D eigenvalue weighted by atomic mass is 9.92. The molecule has 0 aromatic carbocycles. The predicted molar refractivity (Wildman–Crippen MR) is 92.5 cm³/mol. The minimum atomic E-state index is -0.416. The van der Waals surface area contributed by atoms with Gasteiger partial charge in [-0.2, -0.15) is 0 Å². The van der Waals surface area contributed by atoms with Crippen LogP contribution in [0.15, 0.2) is 0 Å². The fraction of sp³-hybridized carbons (Fsp3) is 0.941. The van der Waals surface area contributed by atoms with E-state index >= 15 is 0 Å². The van der Waals surface area contributed by atoms with Crippen LogP contribution in [-0.4, -0.2) is 72.8 Å². The molecule has 1 heterocycles. The number of hydrogen-bond donors (Lipinski definition) is 2. The Morgan fingerprint density at radius 1 is 1.13 bits per heavy atom. The van der Waals surface area contributed by atoms with Crippen molar-refractivity contribution in [1.29, 1.82) is 0 Å². The van der Waals surface area contributed by atoms with Gasteiger partial charge in [0.15, 0.2) is 0 Å². The second kappa shape index (κ2) is 8.31. The molecule has 0 atom stereocenters. The van der Waals surface area contributed by atoms with Crippen LogP contribution in [0.5, 0.6) is 0 Å². The topological polar surface area (TPSA) is 70.8 Å². The van der Waals surface area contributed by atoms with Crippen LogP contribution in [0.3, 0.4) is 0 Å². The Balaban J connectivity index is 1.59. The minimum absolute atomic E-state index is 0.186. The summed E-state index contributed by atoms with van der Waals surface area (Å²) in [5, 5.41) is 3.65. The van der Waals surface area contributed by atoms with Crippen LogP contribution in [0.2, 0.25) is 0 Å². The summed E-state index contributed by atoms with van der Waals surface area (Å²) in [6.07, 6.45) is 4.51. The highest BCUT2D eigenvalue weighted by Crippen LogP contribution is 2.16. The summed E-state index contributed by atoms with van der Waals surface area (Å²) in [5.41, 5.74) is 5.52. The van der Waals surface area contributed by atoms with E-state index in [1.807, 2.05) is 25.7 Å². The predicted octanol–water partition coefficient (Wildman–Crippen LogP) is 1.40. The van der Waals surface area contributed by atoms with Gasteiger partial charge in [0.1, 0.15) is 5.60 Å². The number of carbonyl (C=O) groups is 1. The number of carbonyl (C=O) groups excluding carboxylic acids is 1. The number of amides is 1. The molecule has 0 aromatic rings. The van der Waals surface area contributed by atoms with Gasteiger partial charge < -0.3 is 20.7 Å². The molecular formula is C17H34N4O2. The molecule has 1 aliphatic heterocycles. The molecule has 1 saturated carbocycles. The van der Waals surface area contributed by atoms with Crippen molar-refractivity contribution in [3.8, 4) is 0 Å². The van der Waals surface area contributed by atoms with Crippen LogP contribution >= 0.6 is 0 Å². The molecule has 0 spiro atoms. The van der Waals surface area contributed by atoms with Crippen molar-refractivity contribution in [2.45, 2.75) is 64.1 Å². The number of nitrogens with zero attached hydrogens (tertiary/aromatic N) is 2. The zero-order valence-corrected chi connectivity index (χ0v) is 15.0. The van der Waals surface area contributed by atoms with Gasteiger partial charge in [-0.05, 0) is 46.5 Å².